The van der Waals surface area contributed by atoms with Crippen molar-refractivity contribution in [1.82, 2.24) is 0 Å². The van der Waals surface area contributed by atoms with Crippen molar-refractivity contribution in [2.75, 3.05) is 4.42 Å². The molecule has 0 spiro atoms. The van der Waals surface area contributed by atoms with Gasteiger partial charge in [-0.2, -0.15) is 0 Å². The number of anilines is 1. The summed E-state index contributed by atoms with van der Waals surface area (Å²) >= 11 is 6.47. The van der Waals surface area contributed by atoms with Crippen LogP contribution in [0.5, 0.6) is 0 Å². The Bertz CT molecular complexity index is 623. The molecule has 0 atom stereocenters. The fourth-order valence-corrected chi connectivity index (χ4v) is 2.83. The number of para-hydroxylation sites is 1. The molecule has 0 radical (unpaired) electrons. The lowest BCUT2D eigenvalue weighted by atomic mass is 9.92. The van der Waals surface area contributed by atoms with Gasteiger partial charge in [0, 0.05) is 17.3 Å². The average Bonchev–Trinajstić information content (AvgIpc) is 2.53. The van der Waals surface area contributed by atoms with E-state index in [1.54, 1.807) is 12.1 Å². The van der Waals surface area contributed by atoms with Crippen LogP contribution in [0.3, 0.4) is 0 Å². The summed E-state index contributed by atoms with van der Waals surface area (Å²) in [5.74, 6) is 0.384. The number of hydrogen-bond acceptors (Lipinski definition) is 1. The summed E-state index contributed by atoms with van der Waals surface area (Å²) in [6.45, 7) is 8.45. The third-order valence-electron chi connectivity index (χ3n) is 3.74. The van der Waals surface area contributed by atoms with Crippen LogP contribution in [-0.4, -0.2) is 5.91 Å². The molecule has 0 fully saturated rings. The summed E-state index contributed by atoms with van der Waals surface area (Å²) < 4.78 is 1.28. The first-order valence-electron chi connectivity index (χ1n) is 7.61. The van der Waals surface area contributed by atoms with Gasteiger partial charge in [0.2, 0.25) is 0 Å². The molecule has 1 amide bonds. The third kappa shape index (κ3) is 3.33. The topological polar surface area (TPSA) is 20.3 Å². The molecule has 3 heteroatoms. The van der Waals surface area contributed by atoms with Gasteiger partial charge in [-0.1, -0.05) is 64.1 Å². The van der Waals surface area contributed by atoms with Crippen LogP contribution in [0.1, 0.15) is 61.0 Å². The van der Waals surface area contributed by atoms with Crippen molar-refractivity contribution in [2.24, 2.45) is 0 Å². The number of amides is 1. The molecule has 0 N–H and O–H groups in total. The Morgan fingerprint density at radius 2 is 1.36 bits per heavy atom. The number of benzene rings is 2. The monoisotopic (exact) mass is 315 g/mol. The lowest BCUT2D eigenvalue weighted by molar-refractivity contribution is 0.100. The normalized spacial score (nSPS) is 11.0. The lowest BCUT2D eigenvalue weighted by Gasteiger charge is -2.24. The van der Waals surface area contributed by atoms with Gasteiger partial charge in [0.15, 0.2) is 0 Å². The zero-order valence-corrected chi connectivity index (χ0v) is 14.3. The van der Waals surface area contributed by atoms with Gasteiger partial charge in [-0.15, -0.1) is 0 Å². The molecule has 0 aliphatic carbocycles. The number of carbonyl (C=O) groups excluding carboxylic acids is 1. The molecule has 2 aromatic carbocycles. The molecule has 2 rings (SSSR count). The Morgan fingerprint density at radius 1 is 0.864 bits per heavy atom. The second kappa shape index (κ2) is 6.97. The maximum Gasteiger partial charge on any atom is 0.272 e. The van der Waals surface area contributed by atoms with Gasteiger partial charge in [-0.3, -0.25) is 4.79 Å². The summed E-state index contributed by atoms with van der Waals surface area (Å²) in [4.78, 5) is 12.7. The van der Waals surface area contributed by atoms with E-state index in [9.17, 15) is 4.79 Å². The Hall–Kier alpha value is -1.80. The van der Waals surface area contributed by atoms with Crippen molar-refractivity contribution in [3.8, 4) is 0 Å². The molecule has 2 aromatic rings. The largest absolute Gasteiger partial charge is 0.272 e. The second-order valence-electron chi connectivity index (χ2n) is 6.05. The summed E-state index contributed by atoms with van der Waals surface area (Å²) in [5.41, 5.74) is 3.59. The van der Waals surface area contributed by atoms with Crippen molar-refractivity contribution in [3.63, 3.8) is 0 Å². The minimum Gasteiger partial charge on any atom is -0.267 e. The van der Waals surface area contributed by atoms with Crippen LogP contribution >= 0.6 is 11.8 Å². The van der Waals surface area contributed by atoms with Crippen LogP contribution in [0.4, 0.5) is 5.69 Å². The molecule has 0 unspecified atom stereocenters. The first kappa shape index (κ1) is 16.6. The van der Waals surface area contributed by atoms with E-state index >= 15 is 0 Å². The smallest absolute Gasteiger partial charge is 0.267 e. The van der Waals surface area contributed by atoms with Crippen LogP contribution in [0.25, 0.3) is 0 Å². The van der Waals surface area contributed by atoms with Gasteiger partial charge in [0.25, 0.3) is 5.91 Å². The van der Waals surface area contributed by atoms with Crippen molar-refractivity contribution >= 4 is 23.4 Å². The van der Waals surface area contributed by atoms with E-state index < -0.39 is 0 Å². The van der Waals surface area contributed by atoms with Gasteiger partial charge in [-0.25, -0.2) is 4.42 Å². The Kier molecular flexibility index (Phi) is 5.25. The molecule has 2 nitrogen and oxygen atoms in total. The quantitative estimate of drug-likeness (QED) is 0.659. The maximum atomic E-state index is 12.7. The fourth-order valence-electron chi connectivity index (χ4n) is 2.53. The predicted octanol–water partition coefficient (Wildman–Crippen LogP) is 5.73. The van der Waals surface area contributed by atoms with Crippen LogP contribution in [0.15, 0.2) is 48.5 Å². The summed E-state index contributed by atoms with van der Waals surface area (Å²) in [6.07, 6.45) is 0. The molecule has 0 aliphatic rings. The van der Waals surface area contributed by atoms with E-state index in [2.05, 4.69) is 27.7 Å². The number of hydrogen-bond donors (Lipinski definition) is 0. The van der Waals surface area contributed by atoms with Crippen LogP contribution in [0.2, 0.25) is 0 Å². The number of halogens is 1. The van der Waals surface area contributed by atoms with Crippen molar-refractivity contribution in [1.29, 1.82) is 0 Å². The van der Waals surface area contributed by atoms with E-state index in [0.717, 1.165) is 16.8 Å². The van der Waals surface area contributed by atoms with E-state index in [1.165, 1.54) is 4.42 Å². The molecule has 0 saturated heterocycles. The van der Waals surface area contributed by atoms with Gasteiger partial charge in [0.05, 0.1) is 5.69 Å². The highest BCUT2D eigenvalue weighted by Crippen LogP contribution is 2.37. The molecule has 22 heavy (non-hydrogen) atoms. The minimum absolute atomic E-state index is 0.197. The van der Waals surface area contributed by atoms with Crippen molar-refractivity contribution < 1.29 is 4.79 Å². The molecule has 0 saturated carbocycles. The zero-order chi connectivity index (χ0) is 16.3. The highest BCUT2D eigenvalue weighted by Gasteiger charge is 2.23. The first-order chi connectivity index (χ1) is 10.4. The molecule has 116 valence electrons. The van der Waals surface area contributed by atoms with Gasteiger partial charge < -0.3 is 0 Å². The maximum absolute atomic E-state index is 12.7. The van der Waals surface area contributed by atoms with E-state index in [-0.39, 0.29) is 5.91 Å². The van der Waals surface area contributed by atoms with Gasteiger partial charge in [-0.05, 0) is 35.1 Å². The van der Waals surface area contributed by atoms with Crippen LogP contribution in [-0.2, 0) is 0 Å². The second-order valence-corrected chi connectivity index (χ2v) is 6.38. The SMILES string of the molecule is CC(C)c1cccc(C(C)C)c1N(Cl)C(=O)c1ccccc1. The molecule has 0 aromatic heterocycles. The van der Waals surface area contributed by atoms with E-state index in [1.807, 2.05) is 36.4 Å². The number of nitrogens with zero attached hydrogens (tertiary/aromatic N) is 1. The lowest BCUT2D eigenvalue weighted by Crippen LogP contribution is -2.23. The number of carbonyl (C=O) groups is 1. The van der Waals surface area contributed by atoms with E-state index in [0.29, 0.717) is 17.4 Å². The van der Waals surface area contributed by atoms with Gasteiger partial charge >= 0.3 is 0 Å². The average molecular weight is 316 g/mol. The minimum atomic E-state index is -0.197. The molecule has 0 bridgehead atoms. The fraction of sp³-hybridized carbons (Fsp3) is 0.316. The van der Waals surface area contributed by atoms with Gasteiger partial charge in [0.1, 0.15) is 0 Å². The van der Waals surface area contributed by atoms with Crippen molar-refractivity contribution in [2.45, 2.75) is 39.5 Å². The van der Waals surface area contributed by atoms with Crippen LogP contribution < -0.4 is 4.42 Å². The summed E-state index contributed by atoms with van der Waals surface area (Å²) in [5, 5.41) is 0. The molecule has 0 heterocycles. The Morgan fingerprint density at radius 3 is 1.82 bits per heavy atom. The van der Waals surface area contributed by atoms with Crippen molar-refractivity contribution in [3.05, 3.63) is 65.2 Å². The number of rotatable bonds is 4. The molecule has 0 aliphatic heterocycles. The highest BCUT2D eigenvalue weighted by molar-refractivity contribution is 6.39. The predicted molar refractivity (Wildman–Crippen MR) is 93.7 cm³/mol. The molecular formula is C19H22ClNO. The van der Waals surface area contributed by atoms with E-state index in [4.69, 9.17) is 11.8 Å². The standard InChI is InChI=1S/C19H22ClNO/c1-13(2)16-11-8-12-17(14(3)4)18(16)21(20)19(22)15-9-6-5-7-10-15/h5-14H,1-4H3. The zero-order valence-electron chi connectivity index (χ0n) is 13.5. The third-order valence-corrected chi connectivity index (χ3v) is 4.06. The molecular weight excluding hydrogens is 294 g/mol. The summed E-state index contributed by atoms with van der Waals surface area (Å²) in [6, 6.07) is 15.3. The highest BCUT2D eigenvalue weighted by atomic mass is 35.5. The first-order valence-corrected chi connectivity index (χ1v) is 7.95. The summed E-state index contributed by atoms with van der Waals surface area (Å²) in [7, 11) is 0. The Balaban J connectivity index is 2.52. The van der Waals surface area contributed by atoms with Crippen LogP contribution in [0, 0.1) is 0 Å². The Labute approximate surface area is 137 Å².